The monoisotopic (exact) mass is 457 g/mol. The van der Waals surface area contributed by atoms with Gasteiger partial charge in [0.15, 0.2) is 5.78 Å². The highest BCUT2D eigenvalue weighted by atomic mass is 32.2. The molecule has 2 unspecified atom stereocenters. The molecule has 170 valence electrons. The summed E-state index contributed by atoms with van der Waals surface area (Å²) in [5.41, 5.74) is 2.58. The largest absolute Gasteiger partial charge is 0.494 e. The fourth-order valence-electron chi connectivity index (χ4n) is 3.95. The Labute approximate surface area is 188 Å². The number of ketones is 1. The average Bonchev–Trinajstić information content (AvgIpc) is 2.73. The van der Waals surface area contributed by atoms with Gasteiger partial charge in [0.2, 0.25) is 10.0 Å². The molecule has 0 bridgehead atoms. The first-order valence-electron chi connectivity index (χ1n) is 10.4. The van der Waals surface area contributed by atoms with Crippen molar-refractivity contribution >= 4 is 33.0 Å². The number of ether oxygens (including phenoxy) is 2. The van der Waals surface area contributed by atoms with Gasteiger partial charge in [0.25, 0.3) is 0 Å². The highest BCUT2D eigenvalue weighted by Crippen LogP contribution is 2.43. The zero-order valence-corrected chi connectivity index (χ0v) is 19.1. The van der Waals surface area contributed by atoms with Gasteiger partial charge >= 0.3 is 5.97 Å². The molecule has 2 aromatic rings. The molecule has 0 amide bonds. The number of sulfonamides is 1. The summed E-state index contributed by atoms with van der Waals surface area (Å²) in [6, 6.07) is 14.2. The van der Waals surface area contributed by atoms with Crippen molar-refractivity contribution in [3.05, 3.63) is 65.7 Å². The zero-order chi connectivity index (χ0) is 23.3. The summed E-state index contributed by atoms with van der Waals surface area (Å²) in [6.45, 7) is 4.20. The molecule has 2 atom stereocenters. The lowest BCUT2D eigenvalue weighted by Gasteiger charge is -2.30. The van der Waals surface area contributed by atoms with Crippen molar-refractivity contribution in [2.45, 2.75) is 26.2 Å². The van der Waals surface area contributed by atoms with Gasteiger partial charge in [-0.3, -0.25) is 14.3 Å². The maximum absolute atomic E-state index is 13.1. The second kappa shape index (κ2) is 9.99. The molecule has 0 heterocycles. The van der Waals surface area contributed by atoms with Gasteiger partial charge in [-0.15, -0.1) is 0 Å². The Bertz CT molecular complexity index is 1140. The van der Waals surface area contributed by atoms with Crippen molar-refractivity contribution in [3.8, 4) is 5.75 Å². The van der Waals surface area contributed by atoms with Crippen molar-refractivity contribution in [2.24, 2.45) is 5.92 Å². The lowest BCUT2D eigenvalue weighted by molar-refractivity contribution is -0.151. The molecule has 1 aliphatic rings. The summed E-state index contributed by atoms with van der Waals surface area (Å²) in [4.78, 5) is 25.9. The molecule has 0 aliphatic heterocycles. The first-order valence-corrected chi connectivity index (χ1v) is 12.3. The van der Waals surface area contributed by atoms with Crippen LogP contribution in [0.2, 0.25) is 0 Å². The topological polar surface area (TPSA) is 98.8 Å². The van der Waals surface area contributed by atoms with Gasteiger partial charge in [-0.2, -0.15) is 0 Å². The quantitative estimate of drug-likeness (QED) is 0.479. The summed E-state index contributed by atoms with van der Waals surface area (Å²) in [7, 11) is -3.44. The number of nitrogens with one attached hydrogen (secondary N) is 1. The number of anilines is 1. The molecule has 0 fully saturated rings. The van der Waals surface area contributed by atoms with Crippen LogP contribution < -0.4 is 9.46 Å². The minimum absolute atomic E-state index is 0.179. The summed E-state index contributed by atoms with van der Waals surface area (Å²) in [5.74, 6) is -1.73. The van der Waals surface area contributed by atoms with Gasteiger partial charge in [0.05, 0.1) is 19.5 Å². The lowest BCUT2D eigenvalue weighted by atomic mass is 9.73. The van der Waals surface area contributed by atoms with E-state index in [0.29, 0.717) is 35.6 Å². The van der Waals surface area contributed by atoms with Crippen molar-refractivity contribution in [1.82, 2.24) is 0 Å². The normalized spacial score (nSPS) is 18.6. The third-order valence-electron chi connectivity index (χ3n) is 5.16. The maximum Gasteiger partial charge on any atom is 0.317 e. The highest BCUT2D eigenvalue weighted by molar-refractivity contribution is 7.92. The standard InChI is InChI=1S/C24H27NO6S/c1-4-30-22-12-7-6-11-19(22)20-14-17(15-21(26)23(20)24(27)31-5-2)16-9-8-10-18(13-16)25-32(3,28)29/h6-13,15,20,23,25H,4-5,14H2,1-3H3. The fraction of sp³-hybridized carbons (Fsp3) is 0.333. The van der Waals surface area contributed by atoms with Crippen molar-refractivity contribution < 1.29 is 27.5 Å². The van der Waals surface area contributed by atoms with Crippen molar-refractivity contribution in [1.29, 1.82) is 0 Å². The van der Waals surface area contributed by atoms with Crippen LogP contribution in [0, 0.1) is 5.92 Å². The molecule has 0 spiro atoms. The number of benzene rings is 2. The predicted octanol–water partition coefficient (Wildman–Crippen LogP) is 3.78. The van der Waals surface area contributed by atoms with Gasteiger partial charge in [0.1, 0.15) is 11.7 Å². The van der Waals surface area contributed by atoms with Crippen LogP contribution in [0.25, 0.3) is 5.57 Å². The summed E-state index contributed by atoms with van der Waals surface area (Å²) < 4.78 is 36.7. The van der Waals surface area contributed by atoms with Crippen LogP contribution in [0.1, 0.15) is 37.3 Å². The van der Waals surface area contributed by atoms with Crippen LogP contribution in [-0.2, 0) is 24.3 Å². The zero-order valence-electron chi connectivity index (χ0n) is 18.3. The molecule has 0 aromatic heterocycles. The molecule has 7 nitrogen and oxygen atoms in total. The molecule has 32 heavy (non-hydrogen) atoms. The number of allylic oxidation sites excluding steroid dienone is 2. The second-order valence-electron chi connectivity index (χ2n) is 7.54. The van der Waals surface area contributed by atoms with E-state index in [1.807, 2.05) is 37.3 Å². The van der Waals surface area contributed by atoms with E-state index in [2.05, 4.69) is 4.72 Å². The van der Waals surface area contributed by atoms with E-state index in [4.69, 9.17) is 9.47 Å². The smallest absolute Gasteiger partial charge is 0.317 e. The van der Waals surface area contributed by atoms with Crippen LogP contribution in [0.3, 0.4) is 0 Å². The Hall–Kier alpha value is -3.13. The number of hydrogen-bond donors (Lipinski definition) is 1. The Balaban J connectivity index is 2.05. The third-order valence-corrected chi connectivity index (χ3v) is 5.77. The number of rotatable bonds is 8. The van der Waals surface area contributed by atoms with Crippen molar-refractivity contribution in [3.63, 3.8) is 0 Å². The maximum atomic E-state index is 13.1. The number of carbonyl (C=O) groups is 2. The Morgan fingerprint density at radius 2 is 1.84 bits per heavy atom. The van der Waals surface area contributed by atoms with Gasteiger partial charge in [-0.05, 0) is 61.2 Å². The van der Waals surface area contributed by atoms with Gasteiger partial charge in [-0.1, -0.05) is 30.3 Å². The lowest BCUT2D eigenvalue weighted by Crippen LogP contribution is -2.34. The molecular formula is C24H27NO6S. The van der Waals surface area contributed by atoms with Crippen LogP contribution in [0.15, 0.2) is 54.6 Å². The first kappa shape index (κ1) is 23.5. The van der Waals surface area contributed by atoms with E-state index >= 15 is 0 Å². The number of para-hydroxylation sites is 1. The van der Waals surface area contributed by atoms with Crippen LogP contribution in [0.5, 0.6) is 5.75 Å². The van der Waals surface area contributed by atoms with E-state index in [0.717, 1.165) is 11.8 Å². The minimum Gasteiger partial charge on any atom is -0.494 e. The van der Waals surface area contributed by atoms with E-state index < -0.39 is 27.8 Å². The molecule has 0 saturated heterocycles. The molecule has 1 aliphatic carbocycles. The van der Waals surface area contributed by atoms with E-state index in [1.54, 1.807) is 25.1 Å². The van der Waals surface area contributed by atoms with Gasteiger partial charge in [0, 0.05) is 11.6 Å². The molecule has 8 heteroatoms. The summed E-state index contributed by atoms with van der Waals surface area (Å²) in [5, 5.41) is 0. The summed E-state index contributed by atoms with van der Waals surface area (Å²) >= 11 is 0. The molecular weight excluding hydrogens is 430 g/mol. The minimum atomic E-state index is -3.44. The SMILES string of the molecule is CCOC(=O)C1C(=O)C=C(c2cccc(NS(C)(=O)=O)c2)CC1c1ccccc1OCC. The van der Waals surface area contributed by atoms with Crippen LogP contribution in [-0.4, -0.2) is 39.6 Å². The molecule has 3 rings (SSSR count). The molecule has 0 saturated carbocycles. The Morgan fingerprint density at radius 3 is 2.53 bits per heavy atom. The first-order chi connectivity index (χ1) is 15.2. The average molecular weight is 458 g/mol. The summed E-state index contributed by atoms with van der Waals surface area (Å²) in [6.07, 6.45) is 2.93. The van der Waals surface area contributed by atoms with E-state index in [1.165, 1.54) is 6.08 Å². The highest BCUT2D eigenvalue weighted by Gasteiger charge is 2.41. The fourth-order valence-corrected chi connectivity index (χ4v) is 4.50. The van der Waals surface area contributed by atoms with E-state index in [9.17, 15) is 18.0 Å². The van der Waals surface area contributed by atoms with Gasteiger partial charge in [-0.25, -0.2) is 8.42 Å². The Kier molecular flexibility index (Phi) is 7.35. The molecule has 0 radical (unpaired) electrons. The van der Waals surface area contributed by atoms with Crippen molar-refractivity contribution in [2.75, 3.05) is 24.2 Å². The third kappa shape index (κ3) is 5.56. The van der Waals surface area contributed by atoms with Gasteiger partial charge < -0.3 is 9.47 Å². The number of hydrogen-bond acceptors (Lipinski definition) is 6. The Morgan fingerprint density at radius 1 is 1.09 bits per heavy atom. The molecule has 1 N–H and O–H groups in total. The number of esters is 1. The van der Waals surface area contributed by atoms with Crippen LogP contribution >= 0.6 is 0 Å². The second-order valence-corrected chi connectivity index (χ2v) is 9.29. The predicted molar refractivity (Wildman–Crippen MR) is 123 cm³/mol. The van der Waals surface area contributed by atoms with E-state index in [-0.39, 0.29) is 12.4 Å². The van der Waals surface area contributed by atoms with Crippen LogP contribution in [0.4, 0.5) is 5.69 Å². The number of carbonyl (C=O) groups excluding carboxylic acids is 2. The molecule has 2 aromatic carbocycles.